The van der Waals surface area contributed by atoms with Crippen LogP contribution in [0.1, 0.15) is 64.2 Å². The standard InChI is InChI=1S/C15H24/c1-13-10-11-14-8-6-4-2-3-5-7-9-15(14)12-13/h8,15H,1-7,9-12H2/b14-8-. The molecule has 1 unspecified atom stereocenters. The molecule has 0 N–H and O–H groups in total. The van der Waals surface area contributed by atoms with Gasteiger partial charge in [0.15, 0.2) is 0 Å². The third-order valence-electron chi connectivity index (χ3n) is 3.99. The fourth-order valence-electron chi connectivity index (χ4n) is 3.02. The van der Waals surface area contributed by atoms with Crippen molar-refractivity contribution in [1.29, 1.82) is 0 Å². The molecule has 1 atom stereocenters. The van der Waals surface area contributed by atoms with Gasteiger partial charge in [0.25, 0.3) is 0 Å². The van der Waals surface area contributed by atoms with E-state index in [0.717, 1.165) is 5.92 Å². The summed E-state index contributed by atoms with van der Waals surface area (Å²) in [4.78, 5) is 0. The molecule has 0 spiro atoms. The van der Waals surface area contributed by atoms with Crippen LogP contribution in [0, 0.1) is 5.92 Å². The first kappa shape index (κ1) is 11.0. The van der Waals surface area contributed by atoms with Gasteiger partial charge in [0.05, 0.1) is 0 Å². The second kappa shape index (κ2) is 5.53. The highest BCUT2D eigenvalue weighted by Gasteiger charge is 2.20. The molecule has 0 amide bonds. The summed E-state index contributed by atoms with van der Waals surface area (Å²) in [5.74, 6) is 0.865. The molecular weight excluding hydrogens is 180 g/mol. The minimum Gasteiger partial charge on any atom is -0.0998 e. The SMILES string of the molecule is C=C1CC/C2=C/CCCCCCCC2C1. The minimum absolute atomic E-state index is 0.865. The normalized spacial score (nSPS) is 32.7. The van der Waals surface area contributed by atoms with Crippen LogP contribution in [0.3, 0.4) is 0 Å². The van der Waals surface area contributed by atoms with E-state index in [1.165, 1.54) is 69.8 Å². The summed E-state index contributed by atoms with van der Waals surface area (Å²) < 4.78 is 0. The van der Waals surface area contributed by atoms with Gasteiger partial charge in [-0.25, -0.2) is 0 Å². The average Bonchev–Trinajstić information content (AvgIpc) is 2.25. The highest BCUT2D eigenvalue weighted by molar-refractivity contribution is 5.18. The van der Waals surface area contributed by atoms with Crippen molar-refractivity contribution in [1.82, 2.24) is 0 Å². The predicted octanol–water partition coefficient (Wildman–Crippen LogP) is 5.01. The van der Waals surface area contributed by atoms with Crippen LogP contribution in [0.2, 0.25) is 0 Å². The van der Waals surface area contributed by atoms with Crippen LogP contribution in [0.25, 0.3) is 0 Å². The van der Waals surface area contributed by atoms with Crippen molar-refractivity contribution in [3.63, 3.8) is 0 Å². The number of hydrogen-bond donors (Lipinski definition) is 0. The zero-order valence-electron chi connectivity index (χ0n) is 9.93. The first-order valence-electron chi connectivity index (χ1n) is 6.72. The summed E-state index contributed by atoms with van der Waals surface area (Å²) >= 11 is 0. The molecule has 0 aromatic carbocycles. The highest BCUT2D eigenvalue weighted by Crippen LogP contribution is 2.36. The Hall–Kier alpha value is -0.520. The first-order valence-corrected chi connectivity index (χ1v) is 6.72. The van der Waals surface area contributed by atoms with E-state index in [2.05, 4.69) is 12.7 Å². The van der Waals surface area contributed by atoms with Gasteiger partial charge >= 0.3 is 0 Å². The Morgan fingerprint density at radius 1 is 1.00 bits per heavy atom. The van der Waals surface area contributed by atoms with Gasteiger partial charge in [0.2, 0.25) is 0 Å². The molecule has 2 aliphatic rings. The van der Waals surface area contributed by atoms with Crippen LogP contribution in [0.5, 0.6) is 0 Å². The topological polar surface area (TPSA) is 0 Å². The van der Waals surface area contributed by atoms with Gasteiger partial charge < -0.3 is 0 Å². The Morgan fingerprint density at radius 2 is 1.80 bits per heavy atom. The molecule has 2 aliphatic carbocycles. The molecule has 0 aliphatic heterocycles. The molecule has 2 rings (SSSR count). The van der Waals surface area contributed by atoms with E-state index in [-0.39, 0.29) is 0 Å². The van der Waals surface area contributed by atoms with E-state index in [1.54, 1.807) is 5.57 Å². The summed E-state index contributed by atoms with van der Waals surface area (Å²) in [7, 11) is 0. The monoisotopic (exact) mass is 204 g/mol. The van der Waals surface area contributed by atoms with Crippen molar-refractivity contribution < 1.29 is 0 Å². The Morgan fingerprint density at radius 3 is 2.73 bits per heavy atom. The molecular formula is C15H24. The van der Waals surface area contributed by atoms with Gasteiger partial charge in [-0.3, -0.25) is 0 Å². The molecule has 1 fully saturated rings. The molecule has 15 heavy (non-hydrogen) atoms. The lowest BCUT2D eigenvalue weighted by atomic mass is 9.78. The van der Waals surface area contributed by atoms with Gasteiger partial charge in [-0.05, 0) is 44.4 Å². The van der Waals surface area contributed by atoms with Gasteiger partial charge in [-0.2, -0.15) is 0 Å². The zero-order chi connectivity index (χ0) is 10.5. The largest absolute Gasteiger partial charge is 0.0998 e. The lowest BCUT2D eigenvalue weighted by Crippen LogP contribution is -2.12. The summed E-state index contributed by atoms with van der Waals surface area (Å²) in [5.41, 5.74) is 3.26. The Bertz CT molecular complexity index is 247. The fraction of sp³-hybridized carbons (Fsp3) is 0.733. The van der Waals surface area contributed by atoms with Crippen LogP contribution in [-0.4, -0.2) is 0 Å². The third-order valence-corrected chi connectivity index (χ3v) is 3.99. The van der Waals surface area contributed by atoms with Gasteiger partial charge in [-0.15, -0.1) is 0 Å². The van der Waals surface area contributed by atoms with Crippen LogP contribution in [-0.2, 0) is 0 Å². The number of hydrogen-bond acceptors (Lipinski definition) is 0. The molecule has 0 heteroatoms. The minimum atomic E-state index is 0.865. The van der Waals surface area contributed by atoms with E-state index in [0.29, 0.717) is 0 Å². The molecule has 0 bridgehead atoms. The van der Waals surface area contributed by atoms with E-state index in [1.807, 2.05) is 0 Å². The van der Waals surface area contributed by atoms with Crippen LogP contribution in [0.4, 0.5) is 0 Å². The Balaban J connectivity index is 2.01. The predicted molar refractivity (Wildman–Crippen MR) is 66.9 cm³/mol. The van der Waals surface area contributed by atoms with Gasteiger partial charge in [-0.1, -0.05) is 49.5 Å². The van der Waals surface area contributed by atoms with E-state index >= 15 is 0 Å². The second-order valence-electron chi connectivity index (χ2n) is 5.28. The van der Waals surface area contributed by atoms with Crippen LogP contribution >= 0.6 is 0 Å². The summed E-state index contributed by atoms with van der Waals surface area (Å²) in [6.07, 6.45) is 16.4. The smallest absolute Gasteiger partial charge is 0.0166 e. The van der Waals surface area contributed by atoms with E-state index < -0.39 is 0 Å². The van der Waals surface area contributed by atoms with Crippen molar-refractivity contribution in [2.75, 3.05) is 0 Å². The summed E-state index contributed by atoms with van der Waals surface area (Å²) in [5, 5.41) is 0. The number of rotatable bonds is 0. The molecule has 0 radical (unpaired) electrons. The van der Waals surface area contributed by atoms with Crippen molar-refractivity contribution in [3.05, 3.63) is 23.8 Å². The molecule has 0 aromatic heterocycles. The highest BCUT2D eigenvalue weighted by atomic mass is 14.3. The van der Waals surface area contributed by atoms with Crippen molar-refractivity contribution in [3.8, 4) is 0 Å². The average molecular weight is 204 g/mol. The molecule has 84 valence electrons. The van der Waals surface area contributed by atoms with Crippen molar-refractivity contribution >= 4 is 0 Å². The molecule has 0 saturated heterocycles. The van der Waals surface area contributed by atoms with Crippen molar-refractivity contribution in [2.24, 2.45) is 5.92 Å². The summed E-state index contributed by atoms with van der Waals surface area (Å²) in [6, 6.07) is 0. The van der Waals surface area contributed by atoms with Crippen LogP contribution < -0.4 is 0 Å². The zero-order valence-corrected chi connectivity index (χ0v) is 9.93. The van der Waals surface area contributed by atoms with Crippen LogP contribution in [0.15, 0.2) is 23.8 Å². The van der Waals surface area contributed by atoms with Crippen molar-refractivity contribution in [2.45, 2.75) is 64.2 Å². The lowest BCUT2D eigenvalue weighted by molar-refractivity contribution is 0.452. The third kappa shape index (κ3) is 3.22. The van der Waals surface area contributed by atoms with Gasteiger partial charge in [0.1, 0.15) is 0 Å². The number of allylic oxidation sites excluding steroid dienone is 3. The fourth-order valence-corrected chi connectivity index (χ4v) is 3.02. The maximum absolute atomic E-state index is 4.17. The maximum Gasteiger partial charge on any atom is -0.0166 e. The molecule has 0 heterocycles. The molecule has 1 saturated carbocycles. The Labute approximate surface area is 94.5 Å². The molecule has 0 nitrogen and oxygen atoms in total. The molecule has 0 aromatic rings. The maximum atomic E-state index is 4.17. The van der Waals surface area contributed by atoms with E-state index in [4.69, 9.17) is 0 Å². The summed E-state index contributed by atoms with van der Waals surface area (Å²) in [6.45, 7) is 4.17. The Kier molecular flexibility index (Phi) is 4.05. The first-order chi connectivity index (χ1) is 7.36. The quantitative estimate of drug-likeness (QED) is 0.486. The lowest BCUT2D eigenvalue weighted by Gasteiger charge is -2.28. The van der Waals surface area contributed by atoms with E-state index in [9.17, 15) is 0 Å². The second-order valence-corrected chi connectivity index (χ2v) is 5.28. The number of fused-ring (bicyclic) bond motifs is 1. The van der Waals surface area contributed by atoms with Gasteiger partial charge in [0, 0.05) is 0 Å².